The molecule has 1 saturated carbocycles. The Morgan fingerprint density at radius 2 is 1.45 bits per heavy atom. The molecule has 112 valence electrons. The highest BCUT2D eigenvalue weighted by atomic mass is 15.2. The Morgan fingerprint density at radius 3 is 1.95 bits per heavy atom. The van der Waals surface area contributed by atoms with Crippen molar-refractivity contribution >= 4 is 0 Å². The first-order valence-corrected chi connectivity index (χ1v) is 8.06. The standard InChI is InChI=1S/C18H30N2/c1-13(2)15-5-7-16(8-6-15)14(3)20(4)18-11-9-17(19)10-12-18/h5-8,13-14,17-18H,9-12,19H2,1-4H3. The van der Waals surface area contributed by atoms with E-state index in [0.29, 0.717) is 24.0 Å². The Morgan fingerprint density at radius 1 is 0.950 bits per heavy atom. The fraction of sp³-hybridized carbons (Fsp3) is 0.667. The molecule has 1 aliphatic carbocycles. The van der Waals surface area contributed by atoms with Gasteiger partial charge in [0.15, 0.2) is 0 Å². The monoisotopic (exact) mass is 274 g/mol. The van der Waals surface area contributed by atoms with Crippen LogP contribution in [0.15, 0.2) is 24.3 Å². The van der Waals surface area contributed by atoms with Gasteiger partial charge in [0.1, 0.15) is 0 Å². The molecule has 20 heavy (non-hydrogen) atoms. The summed E-state index contributed by atoms with van der Waals surface area (Å²) in [5.74, 6) is 0.608. The summed E-state index contributed by atoms with van der Waals surface area (Å²) in [6, 6.07) is 10.8. The van der Waals surface area contributed by atoms with Gasteiger partial charge in [0.2, 0.25) is 0 Å². The molecule has 2 nitrogen and oxygen atoms in total. The molecule has 0 spiro atoms. The summed E-state index contributed by atoms with van der Waals surface area (Å²) in [6.07, 6.45) is 4.83. The lowest BCUT2D eigenvalue weighted by Gasteiger charge is -2.37. The first-order chi connectivity index (χ1) is 9.49. The summed E-state index contributed by atoms with van der Waals surface area (Å²) in [5.41, 5.74) is 8.86. The quantitative estimate of drug-likeness (QED) is 0.896. The summed E-state index contributed by atoms with van der Waals surface area (Å²) >= 11 is 0. The van der Waals surface area contributed by atoms with Crippen LogP contribution in [0.25, 0.3) is 0 Å². The summed E-state index contributed by atoms with van der Waals surface area (Å²) < 4.78 is 0. The second kappa shape index (κ2) is 6.73. The molecule has 0 bridgehead atoms. The predicted octanol–water partition coefficient (Wildman–Crippen LogP) is 4.07. The van der Waals surface area contributed by atoms with Crippen LogP contribution >= 0.6 is 0 Å². The number of hydrogen-bond donors (Lipinski definition) is 1. The Bertz CT molecular complexity index is 402. The van der Waals surface area contributed by atoms with Crippen molar-refractivity contribution in [1.82, 2.24) is 4.90 Å². The summed E-state index contributed by atoms with van der Waals surface area (Å²) in [5, 5.41) is 0. The minimum absolute atomic E-state index is 0.431. The largest absolute Gasteiger partial charge is 0.328 e. The molecule has 0 heterocycles. The third-order valence-electron chi connectivity index (χ3n) is 5.01. The van der Waals surface area contributed by atoms with Gasteiger partial charge in [-0.15, -0.1) is 0 Å². The highest BCUT2D eigenvalue weighted by Gasteiger charge is 2.25. The number of nitrogens with zero attached hydrogens (tertiary/aromatic N) is 1. The van der Waals surface area contributed by atoms with Gasteiger partial charge in [0.05, 0.1) is 0 Å². The Balaban J connectivity index is 2.00. The molecule has 1 fully saturated rings. The third-order valence-corrected chi connectivity index (χ3v) is 5.01. The molecule has 1 atom stereocenters. The predicted molar refractivity (Wildman–Crippen MR) is 86.9 cm³/mol. The first kappa shape index (κ1) is 15.5. The molecule has 1 aromatic carbocycles. The Kier molecular flexibility index (Phi) is 5.22. The van der Waals surface area contributed by atoms with Crippen LogP contribution in [0.4, 0.5) is 0 Å². The molecule has 0 radical (unpaired) electrons. The van der Waals surface area contributed by atoms with E-state index in [9.17, 15) is 0 Å². The molecule has 0 saturated heterocycles. The van der Waals surface area contributed by atoms with Crippen LogP contribution < -0.4 is 5.73 Å². The maximum Gasteiger partial charge on any atom is 0.0319 e. The third kappa shape index (κ3) is 3.62. The van der Waals surface area contributed by atoms with Crippen LogP contribution in [0.2, 0.25) is 0 Å². The molecular weight excluding hydrogens is 244 g/mol. The Hall–Kier alpha value is -0.860. The van der Waals surface area contributed by atoms with Crippen molar-refractivity contribution < 1.29 is 0 Å². The lowest BCUT2D eigenvalue weighted by molar-refractivity contribution is 0.140. The van der Waals surface area contributed by atoms with Crippen molar-refractivity contribution in [2.45, 2.75) is 70.5 Å². The average molecular weight is 274 g/mol. The molecule has 2 N–H and O–H groups in total. The van der Waals surface area contributed by atoms with Crippen molar-refractivity contribution in [2.24, 2.45) is 5.73 Å². The van der Waals surface area contributed by atoms with Crippen molar-refractivity contribution in [2.75, 3.05) is 7.05 Å². The molecule has 1 unspecified atom stereocenters. The summed E-state index contributed by atoms with van der Waals surface area (Å²) in [4.78, 5) is 2.54. The molecule has 1 aliphatic rings. The van der Waals surface area contributed by atoms with E-state index >= 15 is 0 Å². The fourth-order valence-corrected chi connectivity index (χ4v) is 3.22. The topological polar surface area (TPSA) is 29.3 Å². The SMILES string of the molecule is CC(C)c1ccc(C(C)N(C)C2CCC(N)CC2)cc1. The number of hydrogen-bond acceptors (Lipinski definition) is 2. The second-order valence-corrected chi connectivity index (χ2v) is 6.73. The number of rotatable bonds is 4. The van der Waals surface area contributed by atoms with Crippen LogP contribution in [0.3, 0.4) is 0 Å². The van der Waals surface area contributed by atoms with Gasteiger partial charge in [-0.05, 0) is 56.7 Å². The van der Waals surface area contributed by atoms with Crippen molar-refractivity contribution in [3.63, 3.8) is 0 Å². The lowest BCUT2D eigenvalue weighted by atomic mass is 9.89. The van der Waals surface area contributed by atoms with Crippen LogP contribution in [-0.4, -0.2) is 24.0 Å². The second-order valence-electron chi connectivity index (χ2n) is 6.73. The normalized spacial score (nSPS) is 25.1. The fourth-order valence-electron chi connectivity index (χ4n) is 3.22. The first-order valence-electron chi connectivity index (χ1n) is 8.06. The van der Waals surface area contributed by atoms with E-state index < -0.39 is 0 Å². The maximum atomic E-state index is 6.01. The van der Waals surface area contributed by atoms with Crippen molar-refractivity contribution in [3.05, 3.63) is 35.4 Å². The minimum atomic E-state index is 0.431. The van der Waals surface area contributed by atoms with Crippen LogP contribution in [0, 0.1) is 0 Å². The molecule has 0 amide bonds. The highest BCUT2D eigenvalue weighted by molar-refractivity contribution is 5.26. The molecule has 1 aromatic rings. The van der Waals surface area contributed by atoms with Crippen molar-refractivity contribution in [1.29, 1.82) is 0 Å². The van der Waals surface area contributed by atoms with Gasteiger partial charge in [-0.2, -0.15) is 0 Å². The van der Waals surface area contributed by atoms with E-state index in [-0.39, 0.29) is 0 Å². The Labute approximate surface area is 124 Å². The van der Waals surface area contributed by atoms with Gasteiger partial charge in [-0.25, -0.2) is 0 Å². The minimum Gasteiger partial charge on any atom is -0.328 e. The highest BCUT2D eigenvalue weighted by Crippen LogP contribution is 2.29. The number of nitrogens with two attached hydrogens (primary N) is 1. The number of benzene rings is 1. The lowest BCUT2D eigenvalue weighted by Crippen LogP contribution is -2.39. The maximum absolute atomic E-state index is 6.01. The van der Waals surface area contributed by atoms with E-state index in [1.807, 2.05) is 0 Å². The van der Waals surface area contributed by atoms with Gasteiger partial charge in [-0.1, -0.05) is 38.1 Å². The van der Waals surface area contributed by atoms with Crippen LogP contribution in [0.1, 0.15) is 69.5 Å². The van der Waals surface area contributed by atoms with Gasteiger partial charge in [-0.3, -0.25) is 4.90 Å². The van der Waals surface area contributed by atoms with E-state index in [0.717, 1.165) is 0 Å². The van der Waals surface area contributed by atoms with Crippen LogP contribution in [0.5, 0.6) is 0 Å². The van der Waals surface area contributed by atoms with E-state index in [1.54, 1.807) is 0 Å². The van der Waals surface area contributed by atoms with E-state index in [4.69, 9.17) is 5.73 Å². The summed E-state index contributed by atoms with van der Waals surface area (Å²) in [7, 11) is 2.27. The van der Waals surface area contributed by atoms with Gasteiger partial charge < -0.3 is 5.73 Å². The zero-order valence-corrected chi connectivity index (χ0v) is 13.5. The zero-order valence-electron chi connectivity index (χ0n) is 13.5. The molecule has 2 heteroatoms. The molecular formula is C18H30N2. The van der Waals surface area contributed by atoms with Gasteiger partial charge >= 0.3 is 0 Å². The smallest absolute Gasteiger partial charge is 0.0319 e. The average Bonchev–Trinajstić information content (AvgIpc) is 2.46. The van der Waals surface area contributed by atoms with Crippen LogP contribution in [-0.2, 0) is 0 Å². The van der Waals surface area contributed by atoms with Crippen molar-refractivity contribution in [3.8, 4) is 0 Å². The van der Waals surface area contributed by atoms with Gasteiger partial charge in [0.25, 0.3) is 0 Å². The summed E-state index contributed by atoms with van der Waals surface area (Å²) in [6.45, 7) is 6.81. The van der Waals surface area contributed by atoms with E-state index in [2.05, 4.69) is 57.0 Å². The van der Waals surface area contributed by atoms with Gasteiger partial charge in [0, 0.05) is 18.1 Å². The van der Waals surface area contributed by atoms with E-state index in [1.165, 1.54) is 36.8 Å². The molecule has 2 rings (SSSR count). The molecule has 0 aliphatic heterocycles. The zero-order chi connectivity index (χ0) is 14.7. The molecule has 0 aromatic heterocycles.